The van der Waals surface area contributed by atoms with Crippen molar-refractivity contribution in [3.8, 4) is 5.69 Å². The highest BCUT2D eigenvalue weighted by Gasteiger charge is 2.27. The fourth-order valence-corrected chi connectivity index (χ4v) is 6.89. The largest absolute Gasteiger partial charge is 0.325 e. The Bertz CT molecular complexity index is 1660. The lowest BCUT2D eigenvalue weighted by Crippen LogP contribution is -2.27. The Morgan fingerprint density at radius 2 is 1.64 bits per heavy atom. The van der Waals surface area contributed by atoms with Gasteiger partial charge in [0.1, 0.15) is 0 Å². The van der Waals surface area contributed by atoms with Crippen molar-refractivity contribution >= 4 is 44.3 Å². The number of sulfonamides is 1. The number of hydrogen-bond acceptors (Lipinski definition) is 6. The molecule has 202 valence electrons. The van der Waals surface area contributed by atoms with Crippen LogP contribution in [0.15, 0.2) is 87.6 Å². The number of benzene rings is 3. The smallest absolute Gasteiger partial charge is 0.266 e. The van der Waals surface area contributed by atoms with E-state index in [0.717, 1.165) is 18.4 Å². The average molecular weight is 563 g/mol. The highest BCUT2D eigenvalue weighted by molar-refractivity contribution is 7.99. The molecule has 1 N–H and O–H groups in total. The molecule has 0 radical (unpaired) electrons. The van der Waals surface area contributed by atoms with Gasteiger partial charge in [0.2, 0.25) is 15.9 Å². The van der Waals surface area contributed by atoms with Crippen LogP contribution in [-0.4, -0.2) is 47.0 Å². The second-order valence-electron chi connectivity index (χ2n) is 9.77. The van der Waals surface area contributed by atoms with E-state index in [9.17, 15) is 18.0 Å². The summed E-state index contributed by atoms with van der Waals surface area (Å²) in [6, 6.07) is 21.2. The van der Waals surface area contributed by atoms with Crippen LogP contribution in [0.4, 0.5) is 5.69 Å². The van der Waals surface area contributed by atoms with E-state index >= 15 is 0 Å². The summed E-state index contributed by atoms with van der Waals surface area (Å²) in [5.74, 6) is 0.0829. The standard InChI is InChI=1S/C29H30N4O4S2/c1-20(2)21-9-13-23(14-10-21)33-28(35)25-7-3-4-8-26(25)31-29(33)38-19-27(34)30-22-11-15-24(16-12-22)39(36,37)32-17-5-6-18-32/h3-4,7-16,20H,5-6,17-19H2,1-2H3,(H,30,34). The molecular formula is C29H30N4O4S2. The predicted molar refractivity (Wildman–Crippen MR) is 155 cm³/mol. The normalized spacial score (nSPS) is 14.2. The molecule has 8 nitrogen and oxygen atoms in total. The number of carbonyl (C=O) groups is 1. The molecule has 39 heavy (non-hydrogen) atoms. The number of amides is 1. The number of carbonyl (C=O) groups excluding carboxylic acids is 1. The van der Waals surface area contributed by atoms with E-state index in [1.165, 1.54) is 28.2 Å². The monoisotopic (exact) mass is 562 g/mol. The summed E-state index contributed by atoms with van der Waals surface area (Å²) in [6.45, 7) is 5.29. The first-order valence-electron chi connectivity index (χ1n) is 12.9. The number of para-hydroxylation sites is 1. The highest BCUT2D eigenvalue weighted by atomic mass is 32.2. The summed E-state index contributed by atoms with van der Waals surface area (Å²) in [7, 11) is -3.52. The number of nitrogens with one attached hydrogen (secondary N) is 1. The van der Waals surface area contributed by atoms with Crippen LogP contribution in [0.25, 0.3) is 16.6 Å². The number of hydrogen-bond donors (Lipinski definition) is 1. The molecule has 4 aromatic rings. The van der Waals surface area contributed by atoms with Gasteiger partial charge in [0, 0.05) is 18.8 Å². The van der Waals surface area contributed by atoms with Gasteiger partial charge in [0.15, 0.2) is 5.16 Å². The van der Waals surface area contributed by atoms with E-state index in [0.29, 0.717) is 46.4 Å². The number of rotatable bonds is 8. The molecule has 1 aromatic heterocycles. The van der Waals surface area contributed by atoms with Gasteiger partial charge in [-0.3, -0.25) is 14.2 Å². The van der Waals surface area contributed by atoms with Crippen molar-refractivity contribution in [1.29, 1.82) is 0 Å². The van der Waals surface area contributed by atoms with Gasteiger partial charge in [-0.15, -0.1) is 0 Å². The van der Waals surface area contributed by atoms with Crippen molar-refractivity contribution in [3.63, 3.8) is 0 Å². The van der Waals surface area contributed by atoms with Gasteiger partial charge in [-0.25, -0.2) is 13.4 Å². The van der Waals surface area contributed by atoms with Crippen LogP contribution < -0.4 is 10.9 Å². The van der Waals surface area contributed by atoms with Gasteiger partial charge in [-0.1, -0.05) is 49.9 Å². The minimum absolute atomic E-state index is 0.0166. The topological polar surface area (TPSA) is 101 Å². The molecule has 1 saturated heterocycles. The molecule has 2 heterocycles. The van der Waals surface area contributed by atoms with Crippen molar-refractivity contribution in [1.82, 2.24) is 13.9 Å². The number of nitrogens with zero attached hydrogens (tertiary/aromatic N) is 3. The Hall–Kier alpha value is -3.47. The molecule has 1 fully saturated rings. The van der Waals surface area contributed by atoms with Crippen molar-refractivity contribution in [3.05, 3.63) is 88.7 Å². The number of anilines is 1. The van der Waals surface area contributed by atoms with Gasteiger partial charge >= 0.3 is 0 Å². The maximum absolute atomic E-state index is 13.5. The Kier molecular flexibility index (Phi) is 7.88. The molecule has 0 aliphatic carbocycles. The lowest BCUT2D eigenvalue weighted by Gasteiger charge is -2.16. The summed E-state index contributed by atoms with van der Waals surface area (Å²) in [6.07, 6.45) is 1.74. The summed E-state index contributed by atoms with van der Waals surface area (Å²) in [5, 5.41) is 3.73. The molecule has 3 aromatic carbocycles. The first-order chi connectivity index (χ1) is 18.7. The lowest BCUT2D eigenvalue weighted by atomic mass is 10.0. The van der Waals surface area contributed by atoms with Gasteiger partial charge in [0.25, 0.3) is 5.56 Å². The Labute approximate surface area is 232 Å². The minimum atomic E-state index is -3.52. The van der Waals surface area contributed by atoms with Gasteiger partial charge < -0.3 is 5.32 Å². The molecule has 0 atom stereocenters. The third-order valence-corrected chi connectivity index (χ3v) is 9.59. The molecule has 0 saturated carbocycles. The first kappa shape index (κ1) is 27.1. The van der Waals surface area contributed by atoms with Crippen LogP contribution >= 0.6 is 11.8 Å². The fourth-order valence-electron chi connectivity index (χ4n) is 4.56. The quantitative estimate of drug-likeness (QED) is 0.239. The van der Waals surface area contributed by atoms with Crippen LogP contribution in [-0.2, 0) is 14.8 Å². The Morgan fingerprint density at radius 1 is 0.974 bits per heavy atom. The van der Waals surface area contributed by atoms with Crippen molar-refractivity contribution < 1.29 is 13.2 Å². The summed E-state index contributed by atoms with van der Waals surface area (Å²) in [5.41, 5.74) is 2.70. The number of thioether (sulfide) groups is 1. The second-order valence-corrected chi connectivity index (χ2v) is 12.7. The zero-order valence-corrected chi connectivity index (χ0v) is 23.5. The van der Waals surface area contributed by atoms with Crippen LogP contribution in [0.2, 0.25) is 0 Å². The van der Waals surface area contributed by atoms with Crippen LogP contribution in [0.3, 0.4) is 0 Å². The molecule has 5 rings (SSSR count). The van der Waals surface area contributed by atoms with Crippen molar-refractivity contribution in [2.24, 2.45) is 0 Å². The van der Waals surface area contributed by atoms with Gasteiger partial charge in [-0.2, -0.15) is 4.31 Å². The van der Waals surface area contributed by atoms with Crippen LogP contribution in [0.5, 0.6) is 0 Å². The Balaban J connectivity index is 1.35. The number of fused-ring (bicyclic) bond motifs is 1. The minimum Gasteiger partial charge on any atom is -0.325 e. The van der Waals surface area contributed by atoms with E-state index in [4.69, 9.17) is 4.98 Å². The molecule has 0 unspecified atom stereocenters. The molecule has 1 aliphatic heterocycles. The maximum Gasteiger partial charge on any atom is 0.266 e. The van der Waals surface area contributed by atoms with Crippen LogP contribution in [0, 0.1) is 0 Å². The van der Waals surface area contributed by atoms with E-state index in [-0.39, 0.29) is 22.1 Å². The SMILES string of the molecule is CC(C)c1ccc(-n2c(SCC(=O)Nc3ccc(S(=O)(=O)N4CCCC4)cc3)nc3ccccc3c2=O)cc1. The lowest BCUT2D eigenvalue weighted by molar-refractivity contribution is -0.113. The molecule has 1 amide bonds. The average Bonchev–Trinajstić information content (AvgIpc) is 3.49. The van der Waals surface area contributed by atoms with Gasteiger partial charge in [-0.05, 0) is 72.9 Å². The molecule has 0 bridgehead atoms. The zero-order valence-electron chi connectivity index (χ0n) is 21.8. The molecular weight excluding hydrogens is 532 g/mol. The van der Waals surface area contributed by atoms with Crippen LogP contribution in [0.1, 0.15) is 38.2 Å². The third-order valence-electron chi connectivity index (χ3n) is 6.74. The predicted octanol–water partition coefficient (Wildman–Crippen LogP) is 5.02. The third kappa shape index (κ3) is 5.78. The summed E-state index contributed by atoms with van der Waals surface area (Å²) >= 11 is 1.17. The summed E-state index contributed by atoms with van der Waals surface area (Å²) in [4.78, 5) is 31.2. The van der Waals surface area contributed by atoms with E-state index in [1.54, 1.807) is 34.9 Å². The summed E-state index contributed by atoms with van der Waals surface area (Å²) < 4.78 is 28.5. The molecule has 0 spiro atoms. The Morgan fingerprint density at radius 3 is 2.31 bits per heavy atom. The maximum atomic E-state index is 13.5. The molecule has 10 heteroatoms. The van der Waals surface area contributed by atoms with Crippen molar-refractivity contribution in [2.45, 2.75) is 42.7 Å². The van der Waals surface area contributed by atoms with E-state index in [2.05, 4.69) is 19.2 Å². The van der Waals surface area contributed by atoms with E-state index < -0.39 is 10.0 Å². The van der Waals surface area contributed by atoms with E-state index in [1.807, 2.05) is 30.3 Å². The molecule has 1 aliphatic rings. The first-order valence-corrected chi connectivity index (χ1v) is 15.3. The fraction of sp³-hybridized carbons (Fsp3) is 0.276. The zero-order chi connectivity index (χ0) is 27.6. The number of aromatic nitrogens is 2. The van der Waals surface area contributed by atoms with Crippen molar-refractivity contribution in [2.75, 3.05) is 24.2 Å². The highest BCUT2D eigenvalue weighted by Crippen LogP contribution is 2.25. The second kappa shape index (κ2) is 11.3. The van der Waals surface area contributed by atoms with Gasteiger partial charge in [0.05, 0.1) is 27.2 Å².